The lowest BCUT2D eigenvalue weighted by Gasteiger charge is -2.20. The van der Waals surface area contributed by atoms with Gasteiger partial charge in [0, 0.05) is 18.8 Å². The van der Waals surface area contributed by atoms with Crippen molar-refractivity contribution in [3.63, 3.8) is 0 Å². The van der Waals surface area contributed by atoms with Crippen LogP contribution in [0.4, 0.5) is 13.2 Å². The number of carbonyl (C=O) groups is 1. The van der Waals surface area contributed by atoms with E-state index in [0.29, 0.717) is 0 Å². The molecule has 0 fully saturated rings. The Hall–Kier alpha value is -0.470. The highest BCUT2D eigenvalue weighted by Crippen LogP contribution is 2.29. The second-order valence-corrected chi connectivity index (χ2v) is 4.40. The maximum atomic E-state index is 11.7. The number of rotatable bonds is 6. The number of hydrogen-bond donors (Lipinski definition) is 2. The van der Waals surface area contributed by atoms with E-state index in [0.717, 1.165) is 7.11 Å². The maximum absolute atomic E-state index is 11.7. The van der Waals surface area contributed by atoms with Crippen molar-refractivity contribution in [2.45, 2.75) is 18.0 Å². The van der Waals surface area contributed by atoms with Gasteiger partial charge in [-0.2, -0.15) is 13.2 Å². The van der Waals surface area contributed by atoms with Crippen molar-refractivity contribution in [2.75, 3.05) is 26.0 Å². The van der Waals surface area contributed by atoms with Gasteiger partial charge in [0.1, 0.15) is 0 Å². The summed E-state index contributed by atoms with van der Waals surface area (Å²) >= 11 is -0.162. The molecule has 1 unspecified atom stereocenters. The summed E-state index contributed by atoms with van der Waals surface area (Å²) in [7, 11) is 1.12. The summed E-state index contributed by atoms with van der Waals surface area (Å²) in [5, 5.41) is 12.0. The zero-order valence-corrected chi connectivity index (χ0v) is 9.74. The van der Waals surface area contributed by atoms with Crippen molar-refractivity contribution < 1.29 is 27.8 Å². The van der Waals surface area contributed by atoms with Crippen LogP contribution in [0.5, 0.6) is 0 Å². The van der Waals surface area contributed by atoms with Crippen LogP contribution < -0.4 is 5.32 Å². The number of thioether (sulfide) groups is 1. The van der Waals surface area contributed by atoms with Gasteiger partial charge in [0.25, 0.3) is 0 Å². The van der Waals surface area contributed by atoms with E-state index in [9.17, 15) is 23.1 Å². The summed E-state index contributed by atoms with van der Waals surface area (Å²) < 4.78 is 39.4. The largest absolute Gasteiger partial charge is 0.467 e. The summed E-state index contributed by atoms with van der Waals surface area (Å²) in [5.41, 5.74) is -5.98. The third-order valence-corrected chi connectivity index (χ3v) is 2.37. The van der Waals surface area contributed by atoms with E-state index in [1.165, 1.54) is 6.92 Å². The van der Waals surface area contributed by atoms with Crippen LogP contribution in [0.3, 0.4) is 0 Å². The molecule has 0 spiro atoms. The van der Waals surface area contributed by atoms with Crippen LogP contribution >= 0.6 is 11.8 Å². The fraction of sp³-hybridized carbons (Fsp3) is 0.875. The molecule has 0 amide bonds. The van der Waals surface area contributed by atoms with Crippen molar-refractivity contribution in [3.05, 3.63) is 0 Å². The van der Waals surface area contributed by atoms with Gasteiger partial charge in [-0.05, 0) is 18.7 Å². The van der Waals surface area contributed by atoms with Gasteiger partial charge in [-0.3, -0.25) is 0 Å². The van der Waals surface area contributed by atoms with Crippen molar-refractivity contribution >= 4 is 17.7 Å². The molecule has 0 rings (SSSR count). The summed E-state index contributed by atoms with van der Waals surface area (Å²) in [6.07, 6.45) is 0. The molecule has 0 saturated heterocycles. The van der Waals surface area contributed by atoms with E-state index in [4.69, 9.17) is 0 Å². The van der Waals surface area contributed by atoms with Crippen LogP contribution in [0.2, 0.25) is 0 Å². The molecule has 0 aromatic heterocycles. The van der Waals surface area contributed by atoms with Crippen LogP contribution in [0, 0.1) is 0 Å². The Balaban J connectivity index is 3.70. The smallest absolute Gasteiger partial charge is 0.441 e. The van der Waals surface area contributed by atoms with Crippen molar-refractivity contribution in [1.29, 1.82) is 0 Å². The van der Waals surface area contributed by atoms with E-state index in [-0.39, 0.29) is 30.6 Å². The first-order chi connectivity index (χ1) is 7.19. The van der Waals surface area contributed by atoms with Crippen LogP contribution in [-0.2, 0) is 9.53 Å². The molecule has 4 nitrogen and oxygen atoms in total. The SMILES string of the molecule is COC(=O)C(C)(O)CNCCSC(F)(F)F. The minimum atomic E-state index is -4.26. The number of alkyl halides is 3. The number of ether oxygens (including phenoxy) is 1. The fourth-order valence-electron chi connectivity index (χ4n) is 0.863. The van der Waals surface area contributed by atoms with Crippen molar-refractivity contribution in [3.8, 4) is 0 Å². The number of nitrogens with one attached hydrogen (secondary N) is 1. The Morgan fingerprint density at radius 3 is 2.50 bits per heavy atom. The molecule has 0 aliphatic heterocycles. The van der Waals surface area contributed by atoms with E-state index in [1.807, 2.05) is 0 Å². The molecule has 96 valence electrons. The van der Waals surface area contributed by atoms with Gasteiger partial charge in [0.15, 0.2) is 5.60 Å². The maximum Gasteiger partial charge on any atom is 0.441 e. The zero-order valence-electron chi connectivity index (χ0n) is 8.93. The molecule has 0 aromatic rings. The Labute approximate surface area is 95.5 Å². The van der Waals surface area contributed by atoms with Crippen LogP contribution in [-0.4, -0.2) is 48.1 Å². The number of carbonyl (C=O) groups excluding carboxylic acids is 1. The van der Waals surface area contributed by atoms with Crippen LogP contribution in [0.15, 0.2) is 0 Å². The van der Waals surface area contributed by atoms with Gasteiger partial charge < -0.3 is 15.2 Å². The van der Waals surface area contributed by atoms with Crippen molar-refractivity contribution in [1.82, 2.24) is 5.32 Å². The third kappa shape index (κ3) is 6.91. The molecule has 0 aliphatic carbocycles. The molecule has 0 radical (unpaired) electrons. The number of esters is 1. The minimum Gasteiger partial charge on any atom is -0.467 e. The molecule has 0 aliphatic rings. The van der Waals surface area contributed by atoms with Crippen molar-refractivity contribution in [2.24, 2.45) is 0 Å². The average molecular weight is 261 g/mol. The predicted octanol–water partition coefficient (Wildman–Crippen LogP) is 0.753. The van der Waals surface area contributed by atoms with E-state index in [2.05, 4.69) is 10.1 Å². The predicted molar refractivity (Wildman–Crippen MR) is 54.0 cm³/mol. The Morgan fingerprint density at radius 2 is 2.06 bits per heavy atom. The van der Waals surface area contributed by atoms with E-state index in [1.54, 1.807) is 0 Å². The molecule has 2 N–H and O–H groups in total. The quantitative estimate of drug-likeness (QED) is 0.546. The lowest BCUT2D eigenvalue weighted by molar-refractivity contribution is -0.159. The first-order valence-corrected chi connectivity index (χ1v) is 5.40. The third-order valence-electron chi connectivity index (χ3n) is 1.64. The lowest BCUT2D eigenvalue weighted by Crippen LogP contribution is -2.46. The number of aliphatic hydroxyl groups is 1. The number of methoxy groups -OCH3 is 1. The number of hydrogen-bond acceptors (Lipinski definition) is 5. The Morgan fingerprint density at radius 1 is 1.50 bits per heavy atom. The molecular weight excluding hydrogens is 247 g/mol. The first-order valence-electron chi connectivity index (χ1n) is 4.41. The topological polar surface area (TPSA) is 58.6 Å². The minimum absolute atomic E-state index is 0.0390. The molecule has 8 heteroatoms. The molecule has 16 heavy (non-hydrogen) atoms. The second-order valence-electron chi connectivity index (χ2n) is 3.24. The van der Waals surface area contributed by atoms with Crippen LogP contribution in [0.1, 0.15) is 6.92 Å². The monoisotopic (exact) mass is 261 g/mol. The zero-order chi connectivity index (χ0) is 12.8. The number of halogens is 3. The highest BCUT2D eigenvalue weighted by Gasteiger charge is 2.31. The fourth-order valence-corrected chi connectivity index (χ4v) is 1.34. The molecule has 0 bridgehead atoms. The summed E-state index contributed by atoms with van der Waals surface area (Å²) in [6.45, 7) is 1.11. The molecule has 0 saturated carbocycles. The molecule has 0 heterocycles. The van der Waals surface area contributed by atoms with E-state index >= 15 is 0 Å². The van der Waals surface area contributed by atoms with Gasteiger partial charge in [0.05, 0.1) is 7.11 Å². The van der Waals surface area contributed by atoms with E-state index < -0.39 is 17.1 Å². The first kappa shape index (κ1) is 15.5. The van der Waals surface area contributed by atoms with Gasteiger partial charge in [-0.15, -0.1) is 0 Å². The summed E-state index contributed by atoms with van der Waals surface area (Å²) in [5.74, 6) is -1.01. The second kappa shape index (κ2) is 6.31. The van der Waals surface area contributed by atoms with Gasteiger partial charge in [0.2, 0.25) is 0 Å². The Kier molecular flexibility index (Phi) is 6.13. The highest BCUT2D eigenvalue weighted by molar-refractivity contribution is 8.00. The summed E-state index contributed by atoms with van der Waals surface area (Å²) in [4.78, 5) is 11.0. The Bertz CT molecular complexity index is 233. The molecule has 1 atom stereocenters. The standard InChI is InChI=1S/C8H14F3NO3S/c1-7(14,6(13)15-2)5-12-3-4-16-8(9,10)11/h12,14H,3-5H2,1-2H3. The summed E-state index contributed by atoms with van der Waals surface area (Å²) in [6, 6.07) is 0. The van der Waals surface area contributed by atoms with Crippen LogP contribution in [0.25, 0.3) is 0 Å². The average Bonchev–Trinajstić information content (AvgIpc) is 2.14. The van der Waals surface area contributed by atoms with Gasteiger partial charge in [-0.25, -0.2) is 4.79 Å². The highest BCUT2D eigenvalue weighted by atomic mass is 32.2. The normalized spacial score (nSPS) is 15.6. The molecule has 0 aromatic carbocycles. The molecular formula is C8H14F3NO3S. The van der Waals surface area contributed by atoms with Gasteiger partial charge in [-0.1, -0.05) is 0 Å². The lowest BCUT2D eigenvalue weighted by atomic mass is 10.1. The van der Waals surface area contributed by atoms with Gasteiger partial charge >= 0.3 is 11.5 Å².